The van der Waals surface area contributed by atoms with Crippen LogP contribution < -0.4 is 0 Å². The number of ether oxygens (including phenoxy) is 2. The number of nitrogens with zero attached hydrogens (tertiary/aromatic N) is 2. The van der Waals surface area contributed by atoms with Gasteiger partial charge in [0.1, 0.15) is 0 Å². The zero-order valence-electron chi connectivity index (χ0n) is 11.9. The second-order valence-electron chi connectivity index (χ2n) is 6.69. The number of hydrogen-bond acceptors (Lipinski definition) is 4. The van der Waals surface area contributed by atoms with Crippen molar-refractivity contribution in [1.29, 1.82) is 5.26 Å². The molecule has 2 atom stereocenters. The van der Waals surface area contributed by atoms with Crippen LogP contribution in [0.2, 0.25) is 0 Å². The van der Waals surface area contributed by atoms with Crippen molar-refractivity contribution in [3.05, 3.63) is 0 Å². The van der Waals surface area contributed by atoms with Crippen molar-refractivity contribution in [1.82, 2.24) is 4.90 Å². The van der Waals surface area contributed by atoms with Gasteiger partial charge in [0, 0.05) is 25.7 Å². The van der Waals surface area contributed by atoms with Gasteiger partial charge in [0.05, 0.1) is 23.7 Å². The average molecular weight is 264 g/mol. The van der Waals surface area contributed by atoms with Crippen molar-refractivity contribution < 1.29 is 9.47 Å². The maximum Gasteiger partial charge on any atom is 0.0951 e. The highest BCUT2D eigenvalue weighted by atomic mass is 16.6. The molecule has 0 saturated carbocycles. The van der Waals surface area contributed by atoms with E-state index in [-0.39, 0.29) is 11.0 Å². The van der Waals surface area contributed by atoms with Crippen molar-refractivity contribution in [3.8, 4) is 6.07 Å². The van der Waals surface area contributed by atoms with Gasteiger partial charge in [-0.3, -0.25) is 0 Å². The maximum absolute atomic E-state index is 9.21. The van der Waals surface area contributed by atoms with Crippen LogP contribution in [0.25, 0.3) is 0 Å². The second kappa shape index (κ2) is 5.05. The fourth-order valence-electron chi connectivity index (χ4n) is 3.67. The van der Waals surface area contributed by atoms with E-state index in [2.05, 4.69) is 17.9 Å². The van der Waals surface area contributed by atoms with E-state index in [1.807, 2.05) is 0 Å². The third-order valence-corrected chi connectivity index (χ3v) is 5.22. The lowest BCUT2D eigenvalue weighted by atomic mass is 9.80. The molecule has 0 aromatic heterocycles. The Bertz CT molecular complexity index is 363. The molecule has 3 fully saturated rings. The van der Waals surface area contributed by atoms with Gasteiger partial charge in [-0.1, -0.05) is 0 Å². The molecule has 106 valence electrons. The van der Waals surface area contributed by atoms with E-state index >= 15 is 0 Å². The summed E-state index contributed by atoms with van der Waals surface area (Å²) in [7, 11) is 0. The van der Waals surface area contributed by atoms with Crippen molar-refractivity contribution in [2.75, 3.05) is 32.9 Å². The fourth-order valence-corrected chi connectivity index (χ4v) is 3.67. The summed E-state index contributed by atoms with van der Waals surface area (Å²) in [6.07, 6.45) is 5.29. The molecule has 4 heteroatoms. The molecular formula is C15H24N2O2. The van der Waals surface area contributed by atoms with Gasteiger partial charge in [0.15, 0.2) is 0 Å². The lowest BCUT2D eigenvalue weighted by molar-refractivity contribution is -0.110. The smallest absolute Gasteiger partial charge is 0.0951 e. The molecule has 0 N–H and O–H groups in total. The minimum Gasteiger partial charge on any atom is -0.378 e. The molecule has 0 aromatic carbocycles. The lowest BCUT2D eigenvalue weighted by Gasteiger charge is -2.45. The predicted octanol–water partition coefficient (Wildman–Crippen LogP) is 1.95. The summed E-state index contributed by atoms with van der Waals surface area (Å²) in [5.74, 6) is 0. The van der Waals surface area contributed by atoms with Gasteiger partial charge >= 0.3 is 0 Å². The first-order valence-electron chi connectivity index (χ1n) is 7.52. The monoisotopic (exact) mass is 264 g/mol. The summed E-state index contributed by atoms with van der Waals surface area (Å²) < 4.78 is 11.5. The lowest BCUT2D eigenvalue weighted by Crippen LogP contribution is -2.52. The van der Waals surface area contributed by atoms with Crippen LogP contribution in [0, 0.1) is 16.7 Å². The molecule has 1 spiro atoms. The van der Waals surface area contributed by atoms with Gasteiger partial charge in [-0.05, 0) is 45.7 Å². The maximum atomic E-state index is 9.21. The van der Waals surface area contributed by atoms with Crippen LogP contribution in [0.15, 0.2) is 0 Å². The Balaban J connectivity index is 1.60. The second-order valence-corrected chi connectivity index (χ2v) is 6.69. The van der Waals surface area contributed by atoms with Crippen LogP contribution in [-0.2, 0) is 9.47 Å². The molecule has 4 nitrogen and oxygen atoms in total. The molecule has 0 bridgehead atoms. The van der Waals surface area contributed by atoms with Gasteiger partial charge in [-0.2, -0.15) is 5.26 Å². The average Bonchev–Trinajstić information content (AvgIpc) is 2.88. The number of likely N-dealkylation sites (tertiary alicyclic amines) is 1. The molecule has 0 aromatic rings. The highest BCUT2D eigenvalue weighted by molar-refractivity contribution is 5.01. The Labute approximate surface area is 115 Å². The fraction of sp³-hybridized carbons (Fsp3) is 0.933. The van der Waals surface area contributed by atoms with Gasteiger partial charge < -0.3 is 14.4 Å². The Kier molecular flexibility index (Phi) is 3.55. The third kappa shape index (κ3) is 2.65. The minimum absolute atomic E-state index is 0.00110. The summed E-state index contributed by atoms with van der Waals surface area (Å²) in [6.45, 7) is 6.70. The number of nitriles is 1. The van der Waals surface area contributed by atoms with Gasteiger partial charge in [0.2, 0.25) is 0 Å². The summed E-state index contributed by atoms with van der Waals surface area (Å²) in [4.78, 5) is 2.58. The van der Waals surface area contributed by atoms with Gasteiger partial charge in [0.25, 0.3) is 0 Å². The molecule has 3 heterocycles. The minimum atomic E-state index is -0.101. The molecule has 0 radical (unpaired) electrons. The molecule has 3 aliphatic rings. The zero-order valence-corrected chi connectivity index (χ0v) is 11.9. The van der Waals surface area contributed by atoms with E-state index < -0.39 is 0 Å². The van der Waals surface area contributed by atoms with Crippen LogP contribution in [0.5, 0.6) is 0 Å². The van der Waals surface area contributed by atoms with E-state index in [1.165, 1.54) is 0 Å². The predicted molar refractivity (Wildman–Crippen MR) is 71.7 cm³/mol. The van der Waals surface area contributed by atoms with Gasteiger partial charge in [-0.25, -0.2) is 0 Å². The first-order chi connectivity index (χ1) is 9.15. The van der Waals surface area contributed by atoms with Crippen molar-refractivity contribution in [2.45, 2.75) is 50.7 Å². The largest absolute Gasteiger partial charge is 0.378 e. The molecule has 0 aliphatic carbocycles. The van der Waals surface area contributed by atoms with Crippen LogP contribution in [-0.4, -0.2) is 49.5 Å². The van der Waals surface area contributed by atoms with E-state index in [4.69, 9.17) is 9.47 Å². The Morgan fingerprint density at radius 3 is 2.63 bits per heavy atom. The first kappa shape index (κ1) is 13.4. The molecule has 3 rings (SSSR count). The van der Waals surface area contributed by atoms with E-state index in [0.717, 1.165) is 65.0 Å². The summed E-state index contributed by atoms with van der Waals surface area (Å²) >= 11 is 0. The van der Waals surface area contributed by atoms with Crippen molar-refractivity contribution >= 4 is 0 Å². The molecule has 3 aliphatic heterocycles. The molecule has 19 heavy (non-hydrogen) atoms. The first-order valence-corrected chi connectivity index (χ1v) is 7.52. The van der Waals surface area contributed by atoms with E-state index in [1.54, 1.807) is 0 Å². The highest BCUT2D eigenvalue weighted by Gasteiger charge is 2.43. The molecule has 2 unspecified atom stereocenters. The number of hydrogen-bond donors (Lipinski definition) is 0. The molecule has 0 amide bonds. The van der Waals surface area contributed by atoms with E-state index in [0.29, 0.717) is 6.04 Å². The topological polar surface area (TPSA) is 45.5 Å². The van der Waals surface area contributed by atoms with Crippen molar-refractivity contribution in [3.63, 3.8) is 0 Å². The molecular weight excluding hydrogens is 240 g/mol. The summed E-state index contributed by atoms with van der Waals surface area (Å²) in [5, 5.41) is 9.21. The zero-order chi connectivity index (χ0) is 13.3. The van der Waals surface area contributed by atoms with Crippen LogP contribution in [0.3, 0.4) is 0 Å². The standard InChI is InChI=1S/C15H24N2O2/c1-14(11-16)3-6-17(7-4-14)13-2-8-19-15(10-13)5-9-18-12-15/h13H,2-10,12H2,1H3. The van der Waals surface area contributed by atoms with Crippen LogP contribution in [0.4, 0.5) is 0 Å². The Hall–Kier alpha value is -0.630. The number of rotatable bonds is 1. The normalized spacial score (nSPS) is 39.3. The van der Waals surface area contributed by atoms with Crippen LogP contribution >= 0.6 is 0 Å². The van der Waals surface area contributed by atoms with Crippen molar-refractivity contribution in [2.24, 2.45) is 5.41 Å². The van der Waals surface area contributed by atoms with Gasteiger partial charge in [-0.15, -0.1) is 0 Å². The Morgan fingerprint density at radius 2 is 2.00 bits per heavy atom. The highest BCUT2D eigenvalue weighted by Crippen LogP contribution is 2.37. The summed E-state index contributed by atoms with van der Waals surface area (Å²) in [6, 6.07) is 3.10. The SMILES string of the molecule is CC1(C#N)CCN(C2CCOC3(CCOC3)C2)CC1. The summed E-state index contributed by atoms with van der Waals surface area (Å²) in [5.41, 5.74) is -0.102. The third-order valence-electron chi connectivity index (χ3n) is 5.22. The Morgan fingerprint density at radius 1 is 1.21 bits per heavy atom. The van der Waals surface area contributed by atoms with E-state index in [9.17, 15) is 5.26 Å². The quantitative estimate of drug-likeness (QED) is 0.726. The van der Waals surface area contributed by atoms with Crippen LogP contribution in [0.1, 0.15) is 39.0 Å². The molecule has 3 saturated heterocycles. The number of piperidine rings is 1.